The second-order valence-electron chi connectivity index (χ2n) is 9.85. The van der Waals surface area contributed by atoms with E-state index in [-0.39, 0.29) is 11.9 Å². The number of aryl methyl sites for hydroxylation is 1. The number of hydrogen-bond donors (Lipinski definition) is 1. The van der Waals surface area contributed by atoms with E-state index in [9.17, 15) is 4.79 Å². The molecule has 0 fully saturated rings. The van der Waals surface area contributed by atoms with Crippen molar-refractivity contribution in [3.05, 3.63) is 120 Å². The SMILES string of the molecule is O=C(CCn1nnc2ccccc21)N1Cc2ccccc2NCc2ccccc2OC[C@@H]1Cc1ccccc1. The molecule has 1 aliphatic rings. The number of para-hydroxylation sites is 3. The van der Waals surface area contributed by atoms with E-state index in [0.717, 1.165) is 33.6 Å². The number of ether oxygens (including phenoxy) is 1. The van der Waals surface area contributed by atoms with Crippen molar-refractivity contribution in [3.63, 3.8) is 0 Å². The van der Waals surface area contributed by atoms with Gasteiger partial charge in [0.1, 0.15) is 17.9 Å². The third kappa shape index (κ3) is 5.62. The van der Waals surface area contributed by atoms with Gasteiger partial charge in [-0.3, -0.25) is 4.79 Å². The highest BCUT2D eigenvalue weighted by molar-refractivity contribution is 5.78. The van der Waals surface area contributed by atoms with Crippen LogP contribution in [0.3, 0.4) is 0 Å². The molecular weight excluding hydrogens is 486 g/mol. The van der Waals surface area contributed by atoms with Gasteiger partial charge in [-0.05, 0) is 41.8 Å². The number of amides is 1. The maximum absolute atomic E-state index is 14.0. The Hall–Kier alpha value is -4.65. The molecule has 1 aliphatic heterocycles. The Morgan fingerprint density at radius 1 is 0.872 bits per heavy atom. The molecule has 0 unspecified atom stereocenters. The number of anilines is 1. The lowest BCUT2D eigenvalue weighted by atomic mass is 10.0. The van der Waals surface area contributed by atoms with E-state index in [4.69, 9.17) is 4.74 Å². The van der Waals surface area contributed by atoms with Crippen LogP contribution in [0.25, 0.3) is 11.0 Å². The average Bonchev–Trinajstić information content (AvgIpc) is 3.39. The van der Waals surface area contributed by atoms with Gasteiger partial charge in [-0.1, -0.05) is 84.1 Å². The van der Waals surface area contributed by atoms with Gasteiger partial charge in [0.2, 0.25) is 5.91 Å². The van der Waals surface area contributed by atoms with Crippen LogP contribution >= 0.6 is 0 Å². The van der Waals surface area contributed by atoms with E-state index >= 15 is 0 Å². The molecule has 1 N–H and O–H groups in total. The van der Waals surface area contributed by atoms with E-state index in [2.05, 4.69) is 46.0 Å². The zero-order valence-corrected chi connectivity index (χ0v) is 21.7. The Morgan fingerprint density at radius 3 is 2.51 bits per heavy atom. The lowest BCUT2D eigenvalue weighted by Gasteiger charge is -2.33. The number of aromatic nitrogens is 3. The number of hydrogen-bond acceptors (Lipinski definition) is 5. The highest BCUT2D eigenvalue weighted by atomic mass is 16.5. The summed E-state index contributed by atoms with van der Waals surface area (Å²) in [6, 6.07) is 34.3. The lowest BCUT2D eigenvalue weighted by Crippen LogP contribution is -2.45. The number of benzene rings is 4. The lowest BCUT2D eigenvalue weighted by molar-refractivity contribution is -0.135. The highest BCUT2D eigenvalue weighted by Gasteiger charge is 2.27. The number of nitrogens with zero attached hydrogens (tertiary/aromatic N) is 4. The van der Waals surface area contributed by atoms with Gasteiger partial charge in [0.25, 0.3) is 0 Å². The Kier molecular flexibility index (Phi) is 7.21. The van der Waals surface area contributed by atoms with Gasteiger partial charge in [-0.25, -0.2) is 4.68 Å². The predicted molar refractivity (Wildman–Crippen MR) is 152 cm³/mol. The standard InChI is InChI=1S/C32H31N5O2/c38-32(18-19-37-30-16-8-7-15-29(30)34-35-37)36-22-26-13-4-6-14-28(26)33-21-25-12-5-9-17-31(25)39-23-27(36)20-24-10-2-1-3-11-24/h1-17,27,33H,18-23H2/t27-/m0/s1. The van der Waals surface area contributed by atoms with Gasteiger partial charge in [0.15, 0.2) is 0 Å². The molecule has 2 heterocycles. The molecule has 0 radical (unpaired) electrons. The van der Waals surface area contributed by atoms with Crippen LogP contribution in [0.1, 0.15) is 23.1 Å². The van der Waals surface area contributed by atoms with Gasteiger partial charge >= 0.3 is 0 Å². The molecule has 0 spiro atoms. The summed E-state index contributed by atoms with van der Waals surface area (Å²) in [6.07, 6.45) is 1.00. The van der Waals surface area contributed by atoms with Crippen LogP contribution in [0.5, 0.6) is 5.75 Å². The van der Waals surface area contributed by atoms with E-state index in [1.807, 2.05) is 82.4 Å². The summed E-state index contributed by atoms with van der Waals surface area (Å²) in [5.74, 6) is 0.894. The summed E-state index contributed by atoms with van der Waals surface area (Å²) in [7, 11) is 0. The number of nitrogens with one attached hydrogen (secondary N) is 1. The van der Waals surface area contributed by atoms with Crippen LogP contribution in [0.15, 0.2) is 103 Å². The molecule has 1 aromatic heterocycles. The van der Waals surface area contributed by atoms with E-state index in [0.29, 0.717) is 39.1 Å². The summed E-state index contributed by atoms with van der Waals surface area (Å²) < 4.78 is 8.24. The van der Waals surface area contributed by atoms with Crippen LogP contribution in [-0.4, -0.2) is 38.4 Å². The quantitative estimate of drug-likeness (QED) is 0.335. The molecular formula is C32H31N5O2. The molecule has 0 bridgehead atoms. The topological polar surface area (TPSA) is 72.3 Å². The van der Waals surface area contributed by atoms with E-state index < -0.39 is 0 Å². The maximum atomic E-state index is 14.0. The summed E-state index contributed by atoms with van der Waals surface area (Å²) in [4.78, 5) is 16.0. The van der Waals surface area contributed by atoms with Crippen LogP contribution in [0.4, 0.5) is 5.69 Å². The molecule has 5 aromatic rings. The van der Waals surface area contributed by atoms with Gasteiger partial charge in [0.05, 0.1) is 18.1 Å². The second-order valence-corrected chi connectivity index (χ2v) is 9.85. The molecule has 7 nitrogen and oxygen atoms in total. The summed E-state index contributed by atoms with van der Waals surface area (Å²) in [6.45, 7) is 1.98. The molecule has 4 aromatic carbocycles. The first-order valence-corrected chi connectivity index (χ1v) is 13.4. The Morgan fingerprint density at radius 2 is 1.62 bits per heavy atom. The first kappa shape index (κ1) is 24.7. The maximum Gasteiger partial charge on any atom is 0.225 e. The number of rotatable bonds is 5. The van der Waals surface area contributed by atoms with E-state index in [1.165, 1.54) is 5.56 Å². The zero-order chi connectivity index (χ0) is 26.4. The Balaban J connectivity index is 1.34. The molecule has 0 saturated carbocycles. The third-order valence-corrected chi connectivity index (χ3v) is 7.26. The monoisotopic (exact) mass is 517 g/mol. The fourth-order valence-corrected chi connectivity index (χ4v) is 5.18. The van der Waals surface area contributed by atoms with Gasteiger partial charge in [-0.15, -0.1) is 5.10 Å². The number of carbonyl (C=O) groups excluding carboxylic acids is 1. The van der Waals surface area contributed by atoms with Crippen LogP contribution in [-0.2, 0) is 30.8 Å². The van der Waals surface area contributed by atoms with Gasteiger partial charge < -0.3 is 15.0 Å². The van der Waals surface area contributed by atoms with Crippen molar-refractivity contribution in [2.75, 3.05) is 11.9 Å². The van der Waals surface area contributed by atoms with Gasteiger partial charge in [-0.2, -0.15) is 0 Å². The summed E-state index contributed by atoms with van der Waals surface area (Å²) in [5.41, 5.74) is 6.11. The van der Waals surface area contributed by atoms with Crippen molar-refractivity contribution in [2.24, 2.45) is 0 Å². The van der Waals surface area contributed by atoms with Crippen molar-refractivity contribution < 1.29 is 9.53 Å². The van der Waals surface area contributed by atoms with Crippen LogP contribution < -0.4 is 10.1 Å². The first-order valence-electron chi connectivity index (χ1n) is 13.4. The normalized spacial score (nSPS) is 15.4. The molecule has 39 heavy (non-hydrogen) atoms. The van der Waals surface area contributed by atoms with Crippen molar-refractivity contribution in [2.45, 2.75) is 38.5 Å². The fraction of sp³-hybridized carbons (Fsp3) is 0.219. The molecule has 0 saturated heterocycles. The van der Waals surface area contributed by atoms with Crippen molar-refractivity contribution >= 4 is 22.6 Å². The van der Waals surface area contributed by atoms with Crippen LogP contribution in [0.2, 0.25) is 0 Å². The first-order chi connectivity index (χ1) is 19.2. The molecule has 196 valence electrons. The number of carbonyl (C=O) groups is 1. The summed E-state index contributed by atoms with van der Waals surface area (Å²) in [5, 5.41) is 12.1. The number of fused-ring (bicyclic) bond motifs is 3. The van der Waals surface area contributed by atoms with Crippen molar-refractivity contribution in [3.8, 4) is 5.75 Å². The largest absolute Gasteiger partial charge is 0.491 e. The minimum atomic E-state index is -0.161. The fourth-order valence-electron chi connectivity index (χ4n) is 5.18. The Labute approximate surface area is 228 Å². The molecule has 7 heteroatoms. The zero-order valence-electron chi connectivity index (χ0n) is 21.7. The van der Waals surface area contributed by atoms with Crippen molar-refractivity contribution in [1.82, 2.24) is 19.9 Å². The average molecular weight is 518 g/mol. The molecule has 0 aliphatic carbocycles. The minimum Gasteiger partial charge on any atom is -0.491 e. The Bertz CT molecular complexity index is 1570. The van der Waals surface area contributed by atoms with E-state index in [1.54, 1.807) is 0 Å². The molecule has 1 atom stereocenters. The second kappa shape index (κ2) is 11.4. The summed E-state index contributed by atoms with van der Waals surface area (Å²) >= 11 is 0. The molecule has 1 amide bonds. The third-order valence-electron chi connectivity index (χ3n) is 7.26. The van der Waals surface area contributed by atoms with Crippen molar-refractivity contribution in [1.29, 1.82) is 0 Å². The molecule has 6 rings (SSSR count). The smallest absolute Gasteiger partial charge is 0.225 e. The van der Waals surface area contributed by atoms with Crippen LogP contribution in [0, 0.1) is 0 Å². The highest BCUT2D eigenvalue weighted by Crippen LogP contribution is 2.26. The predicted octanol–water partition coefficient (Wildman–Crippen LogP) is 5.47. The van der Waals surface area contributed by atoms with Gasteiger partial charge in [0, 0.05) is 30.8 Å². The minimum absolute atomic E-state index is 0.0569.